The summed E-state index contributed by atoms with van der Waals surface area (Å²) < 4.78 is 14.1. The highest BCUT2D eigenvalue weighted by molar-refractivity contribution is 5.24. The van der Waals surface area contributed by atoms with Gasteiger partial charge in [0.05, 0.1) is 6.04 Å². The Kier molecular flexibility index (Phi) is 4.58. The van der Waals surface area contributed by atoms with Crippen LogP contribution in [0, 0.1) is 17.2 Å². The predicted molar refractivity (Wildman–Crippen MR) is 76.8 cm³/mol. The number of benzene rings is 1. The van der Waals surface area contributed by atoms with Gasteiger partial charge >= 0.3 is 0 Å². The summed E-state index contributed by atoms with van der Waals surface area (Å²) in [6.45, 7) is 4.46. The van der Waals surface area contributed by atoms with Gasteiger partial charge in [-0.2, -0.15) is 0 Å². The van der Waals surface area contributed by atoms with Crippen LogP contribution >= 0.6 is 0 Å². The van der Waals surface area contributed by atoms with Gasteiger partial charge in [-0.3, -0.25) is 11.3 Å². The molecule has 3 N–H and O–H groups in total. The molecule has 0 amide bonds. The van der Waals surface area contributed by atoms with Crippen LogP contribution in [0.5, 0.6) is 0 Å². The van der Waals surface area contributed by atoms with Crippen molar-refractivity contribution < 1.29 is 4.39 Å². The summed E-state index contributed by atoms with van der Waals surface area (Å²) in [5, 5.41) is 0. The highest BCUT2D eigenvalue weighted by Crippen LogP contribution is 2.51. The maximum Gasteiger partial charge on any atom is 0.128 e. The molecule has 1 aliphatic rings. The fourth-order valence-corrected chi connectivity index (χ4v) is 3.81. The third kappa shape index (κ3) is 2.98. The topological polar surface area (TPSA) is 38.0 Å². The number of nitrogens with one attached hydrogen (secondary N) is 1. The average Bonchev–Trinajstić information content (AvgIpc) is 2.81. The SMILES string of the molecule is CC(C)CC1(C(NN)c2ccccc2F)CCCC1. The number of hydrogen-bond donors (Lipinski definition) is 2. The van der Waals surface area contributed by atoms with Gasteiger partial charge in [0.2, 0.25) is 0 Å². The van der Waals surface area contributed by atoms with E-state index >= 15 is 0 Å². The Bertz CT molecular complexity index is 411. The van der Waals surface area contributed by atoms with Crippen LogP contribution in [-0.4, -0.2) is 0 Å². The van der Waals surface area contributed by atoms with E-state index in [0.29, 0.717) is 11.5 Å². The number of hydrogen-bond acceptors (Lipinski definition) is 2. The minimum atomic E-state index is -0.152. The molecule has 0 spiro atoms. The van der Waals surface area contributed by atoms with Crippen LogP contribution in [0.1, 0.15) is 57.6 Å². The molecule has 2 nitrogen and oxygen atoms in total. The minimum absolute atomic E-state index is 0.0846. The second-order valence-electron chi connectivity index (χ2n) is 6.29. The zero-order valence-corrected chi connectivity index (χ0v) is 12.0. The summed E-state index contributed by atoms with van der Waals surface area (Å²) in [7, 11) is 0. The van der Waals surface area contributed by atoms with E-state index in [0.717, 1.165) is 19.3 Å². The van der Waals surface area contributed by atoms with Gasteiger partial charge in [-0.05, 0) is 36.7 Å². The molecule has 0 aromatic heterocycles. The van der Waals surface area contributed by atoms with E-state index in [-0.39, 0.29) is 17.3 Å². The van der Waals surface area contributed by atoms with Crippen molar-refractivity contribution in [1.82, 2.24) is 5.43 Å². The molecule has 1 aromatic rings. The maximum absolute atomic E-state index is 14.1. The molecule has 106 valence electrons. The zero-order valence-electron chi connectivity index (χ0n) is 12.0. The van der Waals surface area contributed by atoms with Crippen LogP contribution in [-0.2, 0) is 0 Å². The van der Waals surface area contributed by atoms with Gasteiger partial charge < -0.3 is 0 Å². The lowest BCUT2D eigenvalue weighted by molar-refractivity contribution is 0.153. The van der Waals surface area contributed by atoms with Crippen LogP contribution in [0.25, 0.3) is 0 Å². The van der Waals surface area contributed by atoms with Gasteiger partial charge in [-0.25, -0.2) is 4.39 Å². The minimum Gasteiger partial charge on any atom is -0.271 e. The van der Waals surface area contributed by atoms with Crippen LogP contribution < -0.4 is 11.3 Å². The molecule has 19 heavy (non-hydrogen) atoms. The van der Waals surface area contributed by atoms with Gasteiger partial charge in [0.15, 0.2) is 0 Å². The summed E-state index contributed by atoms with van der Waals surface area (Å²) in [5.74, 6) is 6.24. The third-order valence-corrected chi connectivity index (χ3v) is 4.41. The Balaban J connectivity index is 2.35. The van der Waals surface area contributed by atoms with Crippen molar-refractivity contribution in [1.29, 1.82) is 0 Å². The normalized spacial score (nSPS) is 19.8. The lowest BCUT2D eigenvalue weighted by atomic mass is 9.70. The summed E-state index contributed by atoms with van der Waals surface area (Å²) >= 11 is 0. The second kappa shape index (κ2) is 6.02. The Morgan fingerprint density at radius 1 is 1.26 bits per heavy atom. The summed E-state index contributed by atoms with van der Waals surface area (Å²) in [4.78, 5) is 0. The van der Waals surface area contributed by atoms with Gasteiger partial charge in [-0.1, -0.05) is 44.9 Å². The molecule has 0 heterocycles. The molecule has 0 bridgehead atoms. The van der Waals surface area contributed by atoms with E-state index in [2.05, 4.69) is 19.3 Å². The lowest BCUT2D eigenvalue weighted by Gasteiger charge is -2.39. The quantitative estimate of drug-likeness (QED) is 0.624. The van der Waals surface area contributed by atoms with Gasteiger partial charge in [0.1, 0.15) is 5.82 Å². The molecule has 1 aromatic carbocycles. The van der Waals surface area contributed by atoms with E-state index in [9.17, 15) is 4.39 Å². The van der Waals surface area contributed by atoms with Crippen molar-refractivity contribution in [2.24, 2.45) is 17.2 Å². The molecule has 1 saturated carbocycles. The van der Waals surface area contributed by atoms with Crippen molar-refractivity contribution >= 4 is 0 Å². The van der Waals surface area contributed by atoms with Crippen LogP contribution in [0.15, 0.2) is 24.3 Å². The Hall–Kier alpha value is -0.930. The Morgan fingerprint density at radius 2 is 1.89 bits per heavy atom. The van der Waals surface area contributed by atoms with Crippen LogP contribution in [0.2, 0.25) is 0 Å². The van der Waals surface area contributed by atoms with Crippen molar-refractivity contribution in [3.05, 3.63) is 35.6 Å². The van der Waals surface area contributed by atoms with Crippen molar-refractivity contribution in [2.75, 3.05) is 0 Å². The molecule has 0 saturated heterocycles. The fraction of sp³-hybridized carbons (Fsp3) is 0.625. The largest absolute Gasteiger partial charge is 0.271 e. The van der Waals surface area contributed by atoms with Gasteiger partial charge in [0, 0.05) is 5.56 Å². The fourth-order valence-electron chi connectivity index (χ4n) is 3.81. The van der Waals surface area contributed by atoms with E-state index in [1.165, 1.54) is 18.9 Å². The monoisotopic (exact) mass is 264 g/mol. The van der Waals surface area contributed by atoms with Crippen LogP contribution in [0.3, 0.4) is 0 Å². The van der Waals surface area contributed by atoms with Crippen molar-refractivity contribution in [3.8, 4) is 0 Å². The molecule has 1 unspecified atom stereocenters. The number of halogens is 1. The summed E-state index contributed by atoms with van der Waals surface area (Å²) in [5.41, 5.74) is 3.72. The van der Waals surface area contributed by atoms with E-state index in [1.54, 1.807) is 6.07 Å². The Morgan fingerprint density at radius 3 is 2.42 bits per heavy atom. The molecule has 3 heteroatoms. The standard InChI is InChI=1S/C16H25FN2/c1-12(2)11-16(9-5-6-10-16)15(19-18)13-7-3-4-8-14(13)17/h3-4,7-8,12,15,19H,5-6,9-11,18H2,1-2H3. The zero-order chi connectivity index (χ0) is 13.9. The first-order valence-electron chi connectivity index (χ1n) is 7.29. The predicted octanol–water partition coefficient (Wildman–Crippen LogP) is 3.94. The molecule has 0 aliphatic heterocycles. The molecule has 0 radical (unpaired) electrons. The molecular weight excluding hydrogens is 239 g/mol. The first-order valence-corrected chi connectivity index (χ1v) is 7.29. The first kappa shape index (κ1) is 14.5. The van der Waals surface area contributed by atoms with E-state index in [4.69, 9.17) is 5.84 Å². The average molecular weight is 264 g/mol. The van der Waals surface area contributed by atoms with Crippen LogP contribution in [0.4, 0.5) is 4.39 Å². The highest BCUT2D eigenvalue weighted by atomic mass is 19.1. The molecular formula is C16H25FN2. The van der Waals surface area contributed by atoms with E-state index in [1.807, 2.05) is 12.1 Å². The summed E-state index contributed by atoms with van der Waals surface area (Å²) in [6, 6.07) is 6.92. The smallest absolute Gasteiger partial charge is 0.128 e. The number of nitrogens with two attached hydrogens (primary N) is 1. The van der Waals surface area contributed by atoms with E-state index < -0.39 is 0 Å². The maximum atomic E-state index is 14.1. The lowest BCUT2D eigenvalue weighted by Crippen LogP contribution is -2.41. The molecule has 1 fully saturated rings. The van der Waals surface area contributed by atoms with Gasteiger partial charge in [-0.15, -0.1) is 0 Å². The number of hydrazine groups is 1. The van der Waals surface area contributed by atoms with Crippen molar-refractivity contribution in [2.45, 2.75) is 52.0 Å². The first-order chi connectivity index (χ1) is 9.09. The number of rotatable bonds is 5. The molecule has 2 rings (SSSR count). The van der Waals surface area contributed by atoms with Crippen molar-refractivity contribution in [3.63, 3.8) is 0 Å². The van der Waals surface area contributed by atoms with Gasteiger partial charge in [0.25, 0.3) is 0 Å². The molecule has 1 aliphatic carbocycles. The highest BCUT2D eigenvalue weighted by Gasteiger charge is 2.42. The Labute approximate surface area is 115 Å². The second-order valence-corrected chi connectivity index (χ2v) is 6.29. The summed E-state index contributed by atoms with van der Waals surface area (Å²) in [6.07, 6.45) is 5.80. The molecule has 1 atom stereocenters. The third-order valence-electron chi connectivity index (χ3n) is 4.41.